The Morgan fingerprint density at radius 2 is 2.10 bits per heavy atom. The van der Waals surface area contributed by atoms with Gasteiger partial charge in [-0.3, -0.25) is 0 Å². The topological polar surface area (TPSA) is 25.2 Å². The van der Waals surface area contributed by atoms with E-state index in [2.05, 4.69) is 44.3 Å². The van der Waals surface area contributed by atoms with E-state index < -0.39 is 0 Å². The van der Waals surface area contributed by atoms with Gasteiger partial charge in [0.2, 0.25) is 0 Å². The molecule has 0 spiro atoms. The second-order valence-electron chi connectivity index (χ2n) is 6.20. The van der Waals surface area contributed by atoms with Crippen LogP contribution in [0.4, 0.5) is 0 Å². The molecule has 0 radical (unpaired) electrons. The van der Waals surface area contributed by atoms with Gasteiger partial charge in [0.15, 0.2) is 0 Å². The molecule has 1 aliphatic rings. The van der Waals surface area contributed by atoms with Gasteiger partial charge in [-0.2, -0.15) is 0 Å². The smallest absolute Gasteiger partial charge is 0.134 e. The molecule has 2 nitrogen and oxygen atoms in total. The molecule has 1 N–H and O–H groups in total. The molecule has 3 unspecified atom stereocenters. The molecule has 1 heterocycles. The molecule has 1 saturated carbocycles. The molecule has 1 aromatic heterocycles. The number of aryl methyl sites for hydroxylation is 1. The van der Waals surface area contributed by atoms with Crippen molar-refractivity contribution in [1.29, 1.82) is 0 Å². The Labute approximate surface area is 121 Å². The molecule has 2 aromatic rings. The number of benzene rings is 1. The van der Waals surface area contributed by atoms with Crippen molar-refractivity contribution in [3.8, 4) is 0 Å². The van der Waals surface area contributed by atoms with Gasteiger partial charge in [0.1, 0.15) is 11.3 Å². The molecule has 1 aliphatic carbocycles. The van der Waals surface area contributed by atoms with Crippen molar-refractivity contribution >= 4 is 11.0 Å². The Balaban J connectivity index is 1.88. The third-order valence-electron chi connectivity index (χ3n) is 4.80. The molecule has 20 heavy (non-hydrogen) atoms. The summed E-state index contributed by atoms with van der Waals surface area (Å²) in [4.78, 5) is 0. The maximum atomic E-state index is 6.13. The number of nitrogens with one attached hydrogen (secondary N) is 1. The molecule has 1 aromatic carbocycles. The second kappa shape index (κ2) is 5.61. The Morgan fingerprint density at radius 3 is 2.80 bits per heavy atom. The van der Waals surface area contributed by atoms with E-state index in [0.717, 1.165) is 23.7 Å². The molecule has 0 bridgehead atoms. The molecular formula is C18H25NO. The molecular weight excluding hydrogens is 246 g/mol. The SMILES string of the molecule is CCc1c(C(C)NC2CCCC2C)oc2ccccc12. The number of rotatable bonds is 4. The van der Waals surface area contributed by atoms with Crippen molar-refractivity contribution in [1.82, 2.24) is 5.32 Å². The first-order chi connectivity index (χ1) is 9.70. The van der Waals surface area contributed by atoms with E-state index in [1.807, 2.05) is 6.07 Å². The van der Waals surface area contributed by atoms with Gasteiger partial charge in [0, 0.05) is 17.0 Å². The molecule has 108 valence electrons. The summed E-state index contributed by atoms with van der Waals surface area (Å²) in [5.41, 5.74) is 2.39. The highest BCUT2D eigenvalue weighted by atomic mass is 16.3. The van der Waals surface area contributed by atoms with Crippen LogP contribution in [0.2, 0.25) is 0 Å². The largest absolute Gasteiger partial charge is 0.459 e. The molecule has 0 aliphatic heterocycles. The normalized spacial score (nSPS) is 24.4. The van der Waals surface area contributed by atoms with E-state index in [4.69, 9.17) is 4.42 Å². The van der Waals surface area contributed by atoms with Crippen molar-refractivity contribution in [3.05, 3.63) is 35.6 Å². The first-order valence-electron chi connectivity index (χ1n) is 7.97. The van der Waals surface area contributed by atoms with Gasteiger partial charge in [0.05, 0.1) is 6.04 Å². The van der Waals surface area contributed by atoms with Gasteiger partial charge in [-0.05, 0) is 38.2 Å². The maximum Gasteiger partial charge on any atom is 0.134 e. The van der Waals surface area contributed by atoms with Crippen LogP contribution in [0.25, 0.3) is 11.0 Å². The monoisotopic (exact) mass is 271 g/mol. The number of furan rings is 1. The standard InChI is InChI=1S/C18H25NO/c1-4-14-15-9-5-6-11-17(15)20-18(14)13(3)19-16-10-7-8-12(16)2/h5-6,9,11-13,16,19H,4,7-8,10H2,1-3H3. The zero-order chi connectivity index (χ0) is 14.1. The number of fused-ring (bicyclic) bond motifs is 1. The fourth-order valence-corrected chi connectivity index (χ4v) is 3.62. The minimum Gasteiger partial charge on any atom is -0.459 e. The maximum absolute atomic E-state index is 6.13. The van der Waals surface area contributed by atoms with E-state index >= 15 is 0 Å². The lowest BCUT2D eigenvalue weighted by atomic mass is 10.0. The summed E-state index contributed by atoms with van der Waals surface area (Å²) in [7, 11) is 0. The minimum atomic E-state index is 0.294. The third-order valence-corrected chi connectivity index (χ3v) is 4.80. The van der Waals surface area contributed by atoms with Gasteiger partial charge in [-0.1, -0.05) is 38.5 Å². The summed E-state index contributed by atoms with van der Waals surface area (Å²) in [6, 6.07) is 9.32. The van der Waals surface area contributed by atoms with E-state index in [0.29, 0.717) is 12.1 Å². The minimum absolute atomic E-state index is 0.294. The Hall–Kier alpha value is -1.28. The van der Waals surface area contributed by atoms with E-state index in [-0.39, 0.29) is 0 Å². The van der Waals surface area contributed by atoms with E-state index in [1.165, 1.54) is 30.2 Å². The van der Waals surface area contributed by atoms with E-state index in [1.54, 1.807) is 0 Å². The molecule has 2 heteroatoms. The highest BCUT2D eigenvalue weighted by molar-refractivity contribution is 5.82. The average molecular weight is 271 g/mol. The summed E-state index contributed by atoms with van der Waals surface area (Å²) in [5, 5.41) is 5.06. The van der Waals surface area contributed by atoms with Gasteiger partial charge in [-0.25, -0.2) is 0 Å². The van der Waals surface area contributed by atoms with Gasteiger partial charge < -0.3 is 9.73 Å². The van der Waals surface area contributed by atoms with Crippen molar-refractivity contribution < 1.29 is 4.42 Å². The third kappa shape index (κ3) is 2.37. The van der Waals surface area contributed by atoms with Crippen LogP contribution < -0.4 is 5.32 Å². The highest BCUT2D eigenvalue weighted by Gasteiger charge is 2.27. The first kappa shape index (κ1) is 13.7. The molecule has 0 amide bonds. The first-order valence-corrected chi connectivity index (χ1v) is 7.97. The van der Waals surface area contributed by atoms with Crippen LogP contribution in [-0.2, 0) is 6.42 Å². The predicted molar refractivity (Wildman–Crippen MR) is 83.9 cm³/mol. The van der Waals surface area contributed by atoms with Crippen LogP contribution in [-0.4, -0.2) is 6.04 Å². The summed E-state index contributed by atoms with van der Waals surface area (Å²) in [6.07, 6.45) is 5.03. The second-order valence-corrected chi connectivity index (χ2v) is 6.20. The van der Waals surface area contributed by atoms with Crippen LogP contribution in [0.1, 0.15) is 57.4 Å². The number of hydrogen-bond donors (Lipinski definition) is 1. The Kier molecular flexibility index (Phi) is 3.84. The van der Waals surface area contributed by atoms with Crippen LogP contribution >= 0.6 is 0 Å². The van der Waals surface area contributed by atoms with Crippen LogP contribution in [0.5, 0.6) is 0 Å². The molecule has 1 fully saturated rings. The van der Waals surface area contributed by atoms with Crippen LogP contribution in [0, 0.1) is 5.92 Å². The summed E-state index contributed by atoms with van der Waals surface area (Å²) in [5.74, 6) is 1.92. The average Bonchev–Trinajstić information content (AvgIpc) is 3.02. The van der Waals surface area contributed by atoms with E-state index in [9.17, 15) is 0 Å². The van der Waals surface area contributed by atoms with Crippen molar-refractivity contribution in [2.75, 3.05) is 0 Å². The molecule has 3 rings (SSSR count). The number of hydrogen-bond acceptors (Lipinski definition) is 2. The lowest BCUT2D eigenvalue weighted by Crippen LogP contribution is -2.33. The lowest BCUT2D eigenvalue weighted by Gasteiger charge is -2.22. The number of para-hydroxylation sites is 1. The predicted octanol–water partition coefficient (Wildman–Crippen LogP) is 4.83. The van der Waals surface area contributed by atoms with Crippen molar-refractivity contribution in [2.24, 2.45) is 5.92 Å². The Morgan fingerprint density at radius 1 is 1.30 bits per heavy atom. The zero-order valence-corrected chi connectivity index (χ0v) is 12.8. The van der Waals surface area contributed by atoms with Crippen molar-refractivity contribution in [2.45, 2.75) is 58.5 Å². The summed E-state index contributed by atoms with van der Waals surface area (Å²) >= 11 is 0. The zero-order valence-electron chi connectivity index (χ0n) is 12.8. The Bertz CT molecular complexity index is 586. The summed E-state index contributed by atoms with van der Waals surface area (Å²) in [6.45, 7) is 6.81. The fourth-order valence-electron chi connectivity index (χ4n) is 3.62. The lowest BCUT2D eigenvalue weighted by molar-refractivity contribution is 0.355. The van der Waals surface area contributed by atoms with Crippen LogP contribution in [0.3, 0.4) is 0 Å². The van der Waals surface area contributed by atoms with Crippen LogP contribution in [0.15, 0.2) is 28.7 Å². The fraction of sp³-hybridized carbons (Fsp3) is 0.556. The quantitative estimate of drug-likeness (QED) is 0.861. The highest BCUT2D eigenvalue weighted by Crippen LogP contribution is 2.32. The summed E-state index contributed by atoms with van der Waals surface area (Å²) < 4.78 is 6.13. The van der Waals surface area contributed by atoms with Gasteiger partial charge >= 0.3 is 0 Å². The molecule has 3 atom stereocenters. The molecule has 0 saturated heterocycles. The van der Waals surface area contributed by atoms with Crippen molar-refractivity contribution in [3.63, 3.8) is 0 Å². The van der Waals surface area contributed by atoms with Gasteiger partial charge in [0.25, 0.3) is 0 Å². The van der Waals surface area contributed by atoms with Gasteiger partial charge in [-0.15, -0.1) is 0 Å².